The fraction of sp³-hybridized carbons (Fsp3) is 0.545. The maximum Gasteiger partial charge on any atom is 0.262 e. The van der Waals surface area contributed by atoms with Gasteiger partial charge < -0.3 is 10.8 Å². The van der Waals surface area contributed by atoms with E-state index in [9.17, 15) is 13.5 Å². The number of hydrogen-bond donors (Lipinski definition) is 2. The van der Waals surface area contributed by atoms with Crippen LogP contribution in [0.2, 0.25) is 0 Å². The summed E-state index contributed by atoms with van der Waals surface area (Å²) in [4.78, 5) is 3.81. The first-order valence-electron chi connectivity index (χ1n) is 5.61. The topological polar surface area (TPSA) is 96.5 Å². The van der Waals surface area contributed by atoms with Crippen molar-refractivity contribution in [1.82, 2.24) is 9.29 Å². The Labute approximate surface area is 107 Å². The van der Waals surface area contributed by atoms with Crippen LogP contribution in [0.25, 0.3) is 0 Å². The number of aliphatic hydroxyl groups is 1. The van der Waals surface area contributed by atoms with Crippen LogP contribution in [0.15, 0.2) is 23.4 Å². The molecule has 1 aromatic heterocycles. The second-order valence-electron chi connectivity index (χ2n) is 4.64. The summed E-state index contributed by atoms with van der Waals surface area (Å²) in [7, 11) is -3.78. The Morgan fingerprint density at radius 2 is 2.11 bits per heavy atom. The molecule has 3 N–H and O–H groups in total. The van der Waals surface area contributed by atoms with Gasteiger partial charge in [0.1, 0.15) is 0 Å². The number of sulfonamides is 1. The summed E-state index contributed by atoms with van der Waals surface area (Å²) < 4.78 is 25.8. The molecule has 0 fully saturated rings. The lowest BCUT2D eigenvalue weighted by Crippen LogP contribution is -2.42. The summed E-state index contributed by atoms with van der Waals surface area (Å²) in [5.74, 6) is 0. The van der Waals surface area contributed by atoms with Gasteiger partial charge in [-0.05, 0) is 26.0 Å². The molecule has 0 saturated carbocycles. The number of anilines is 1. The zero-order valence-corrected chi connectivity index (χ0v) is 11.6. The lowest BCUT2D eigenvalue weighted by molar-refractivity contribution is 0.0601. The van der Waals surface area contributed by atoms with Crippen LogP contribution < -0.4 is 5.73 Å². The Kier molecular flexibility index (Phi) is 4.31. The molecule has 0 amide bonds. The average Bonchev–Trinajstić information content (AvgIpc) is 2.24. The SMILES string of the molecule is CCN(CC(C)(C)O)S(=O)(=O)c1ncccc1N. The van der Waals surface area contributed by atoms with Gasteiger partial charge in [-0.3, -0.25) is 0 Å². The van der Waals surface area contributed by atoms with Crippen LogP contribution in [0.4, 0.5) is 5.69 Å². The molecule has 0 bridgehead atoms. The highest BCUT2D eigenvalue weighted by Crippen LogP contribution is 2.20. The van der Waals surface area contributed by atoms with E-state index in [4.69, 9.17) is 5.73 Å². The van der Waals surface area contributed by atoms with Gasteiger partial charge in [-0.15, -0.1) is 0 Å². The number of likely N-dealkylation sites (N-methyl/N-ethyl adjacent to an activating group) is 1. The third-order valence-electron chi connectivity index (χ3n) is 2.30. The number of hydrogen-bond acceptors (Lipinski definition) is 5. The first-order chi connectivity index (χ1) is 8.18. The average molecular weight is 273 g/mol. The van der Waals surface area contributed by atoms with Crippen LogP contribution >= 0.6 is 0 Å². The molecule has 0 aliphatic heterocycles. The van der Waals surface area contributed by atoms with Crippen molar-refractivity contribution in [2.24, 2.45) is 0 Å². The van der Waals surface area contributed by atoms with Crippen LogP contribution in [0.3, 0.4) is 0 Å². The van der Waals surface area contributed by atoms with E-state index in [2.05, 4.69) is 4.98 Å². The molecule has 1 heterocycles. The minimum absolute atomic E-state index is 0.0121. The van der Waals surface area contributed by atoms with Crippen LogP contribution in [0, 0.1) is 0 Å². The van der Waals surface area contributed by atoms with Crippen molar-refractivity contribution >= 4 is 15.7 Å². The van der Waals surface area contributed by atoms with Gasteiger partial charge in [0.15, 0.2) is 5.03 Å². The molecule has 0 aromatic carbocycles. The van der Waals surface area contributed by atoms with Crippen molar-refractivity contribution in [3.63, 3.8) is 0 Å². The molecule has 7 heteroatoms. The maximum atomic E-state index is 12.3. The number of pyridine rings is 1. The maximum absolute atomic E-state index is 12.3. The van der Waals surface area contributed by atoms with Crippen LogP contribution in [-0.4, -0.2) is 41.5 Å². The van der Waals surface area contributed by atoms with Gasteiger partial charge in [0.25, 0.3) is 10.0 Å². The quantitative estimate of drug-likeness (QED) is 0.811. The van der Waals surface area contributed by atoms with Crippen molar-refractivity contribution in [2.45, 2.75) is 31.4 Å². The fourth-order valence-electron chi connectivity index (χ4n) is 1.54. The molecule has 0 radical (unpaired) electrons. The monoisotopic (exact) mass is 273 g/mol. The van der Waals surface area contributed by atoms with Gasteiger partial charge in [-0.25, -0.2) is 13.4 Å². The fourth-order valence-corrected chi connectivity index (χ4v) is 3.17. The normalized spacial score (nSPS) is 12.9. The summed E-state index contributed by atoms with van der Waals surface area (Å²) in [6.45, 7) is 5.02. The Hall–Kier alpha value is -1.18. The Bertz CT molecular complexity index is 509. The molecule has 0 atom stereocenters. The van der Waals surface area contributed by atoms with Crippen LogP contribution in [-0.2, 0) is 10.0 Å². The van der Waals surface area contributed by atoms with Gasteiger partial charge in [0.2, 0.25) is 0 Å². The molecule has 0 aliphatic carbocycles. The Balaban J connectivity index is 3.16. The van der Waals surface area contributed by atoms with Gasteiger partial charge in [-0.2, -0.15) is 4.31 Å². The minimum atomic E-state index is -3.78. The molecule has 18 heavy (non-hydrogen) atoms. The van der Waals surface area contributed by atoms with Crippen molar-refractivity contribution in [1.29, 1.82) is 0 Å². The predicted molar refractivity (Wildman–Crippen MR) is 69.4 cm³/mol. The summed E-state index contributed by atoms with van der Waals surface area (Å²) in [6, 6.07) is 3.05. The highest BCUT2D eigenvalue weighted by molar-refractivity contribution is 7.89. The van der Waals surface area contributed by atoms with Gasteiger partial charge >= 0.3 is 0 Å². The number of aromatic nitrogens is 1. The van der Waals surface area contributed by atoms with Crippen molar-refractivity contribution < 1.29 is 13.5 Å². The summed E-state index contributed by atoms with van der Waals surface area (Å²) >= 11 is 0. The second kappa shape index (κ2) is 5.21. The van der Waals surface area contributed by atoms with Crippen molar-refractivity contribution in [2.75, 3.05) is 18.8 Å². The highest BCUT2D eigenvalue weighted by atomic mass is 32.2. The summed E-state index contributed by atoms with van der Waals surface area (Å²) in [5, 5.41) is 9.57. The standard InChI is InChI=1S/C11H19N3O3S/c1-4-14(8-11(2,3)15)18(16,17)10-9(12)6-5-7-13-10/h5-7,15H,4,8,12H2,1-3H3. The van der Waals surface area contributed by atoms with Crippen molar-refractivity contribution in [3.8, 4) is 0 Å². The molecule has 1 rings (SSSR count). The zero-order chi connectivity index (χ0) is 14.0. The molecule has 6 nitrogen and oxygen atoms in total. The molecule has 0 unspecified atom stereocenters. The van der Waals surface area contributed by atoms with E-state index in [-0.39, 0.29) is 23.8 Å². The lowest BCUT2D eigenvalue weighted by atomic mass is 10.1. The van der Waals surface area contributed by atoms with E-state index < -0.39 is 15.6 Å². The van der Waals surface area contributed by atoms with E-state index in [0.717, 1.165) is 4.31 Å². The largest absolute Gasteiger partial charge is 0.396 e. The van der Waals surface area contributed by atoms with Gasteiger partial charge in [0, 0.05) is 19.3 Å². The molecule has 0 spiro atoms. The smallest absolute Gasteiger partial charge is 0.262 e. The minimum Gasteiger partial charge on any atom is -0.396 e. The molecule has 102 valence electrons. The van der Waals surface area contributed by atoms with Crippen LogP contribution in [0.1, 0.15) is 20.8 Å². The lowest BCUT2D eigenvalue weighted by Gasteiger charge is -2.27. The molecule has 0 aliphatic rings. The zero-order valence-electron chi connectivity index (χ0n) is 10.8. The van der Waals surface area contributed by atoms with Crippen molar-refractivity contribution in [3.05, 3.63) is 18.3 Å². The first-order valence-corrected chi connectivity index (χ1v) is 7.05. The molecular weight excluding hydrogens is 254 g/mol. The van der Waals surface area contributed by atoms with E-state index in [1.54, 1.807) is 26.8 Å². The third kappa shape index (κ3) is 3.41. The summed E-state index contributed by atoms with van der Waals surface area (Å²) in [5.41, 5.74) is 4.62. The highest BCUT2D eigenvalue weighted by Gasteiger charge is 2.30. The summed E-state index contributed by atoms with van der Waals surface area (Å²) in [6.07, 6.45) is 1.38. The molecule has 0 saturated heterocycles. The predicted octanol–water partition coefficient (Wildman–Crippen LogP) is 0.445. The van der Waals surface area contributed by atoms with E-state index >= 15 is 0 Å². The Morgan fingerprint density at radius 3 is 2.56 bits per heavy atom. The van der Waals surface area contributed by atoms with E-state index in [1.807, 2.05) is 0 Å². The van der Waals surface area contributed by atoms with Gasteiger partial charge in [0.05, 0.1) is 11.3 Å². The van der Waals surface area contributed by atoms with E-state index in [0.29, 0.717) is 0 Å². The molecule has 1 aromatic rings. The number of nitrogens with zero attached hydrogens (tertiary/aromatic N) is 2. The number of nitrogen functional groups attached to an aromatic ring is 1. The van der Waals surface area contributed by atoms with Crippen LogP contribution in [0.5, 0.6) is 0 Å². The second-order valence-corrected chi connectivity index (χ2v) is 6.49. The molecular formula is C11H19N3O3S. The van der Waals surface area contributed by atoms with Gasteiger partial charge in [-0.1, -0.05) is 6.92 Å². The number of nitrogens with two attached hydrogens (primary N) is 1. The Morgan fingerprint density at radius 1 is 1.50 bits per heavy atom. The van der Waals surface area contributed by atoms with E-state index in [1.165, 1.54) is 12.3 Å². The first kappa shape index (κ1) is 14.9. The number of rotatable bonds is 5. The third-order valence-corrected chi connectivity index (χ3v) is 4.20.